The summed E-state index contributed by atoms with van der Waals surface area (Å²) in [6, 6.07) is 0. The van der Waals surface area contributed by atoms with E-state index in [0.29, 0.717) is 5.57 Å². The zero-order valence-electron chi connectivity index (χ0n) is 9.38. The van der Waals surface area contributed by atoms with E-state index in [4.69, 9.17) is 0 Å². The third-order valence-corrected chi connectivity index (χ3v) is 2.65. The molecular formula is C12H11F5. The Hall–Kier alpha value is -1.39. The van der Waals surface area contributed by atoms with Gasteiger partial charge in [0, 0.05) is 5.56 Å². The standard InChI is InChI=1S/C12H11F5/c1-5(2)6(3)4-7-8(13)10(15)12(17)11(16)9(7)14/h6H,1,4H2,2-3H3/t6-/m0/s1. The van der Waals surface area contributed by atoms with Crippen molar-refractivity contribution in [1.82, 2.24) is 0 Å². The predicted octanol–water partition coefficient (Wildman–Crippen LogP) is 4.14. The van der Waals surface area contributed by atoms with Gasteiger partial charge in [0.25, 0.3) is 0 Å². The van der Waals surface area contributed by atoms with Crippen molar-refractivity contribution in [2.45, 2.75) is 20.3 Å². The van der Waals surface area contributed by atoms with Gasteiger partial charge < -0.3 is 0 Å². The van der Waals surface area contributed by atoms with Gasteiger partial charge in [-0.05, 0) is 19.3 Å². The van der Waals surface area contributed by atoms with Crippen LogP contribution in [0.2, 0.25) is 0 Å². The Morgan fingerprint density at radius 1 is 0.941 bits per heavy atom. The lowest BCUT2D eigenvalue weighted by molar-refractivity contribution is 0.367. The summed E-state index contributed by atoms with van der Waals surface area (Å²) in [5.74, 6) is -9.86. The van der Waals surface area contributed by atoms with E-state index >= 15 is 0 Å². The summed E-state index contributed by atoms with van der Waals surface area (Å²) in [5.41, 5.74) is -0.189. The van der Waals surface area contributed by atoms with E-state index in [1.54, 1.807) is 13.8 Å². The average Bonchev–Trinajstić information content (AvgIpc) is 2.29. The van der Waals surface area contributed by atoms with Crippen molar-refractivity contribution in [2.75, 3.05) is 0 Å². The van der Waals surface area contributed by atoms with Crippen molar-refractivity contribution in [3.63, 3.8) is 0 Å². The van der Waals surface area contributed by atoms with Crippen molar-refractivity contribution in [3.05, 3.63) is 46.8 Å². The SMILES string of the molecule is C=C(C)[C@@H](C)Cc1c(F)c(F)c(F)c(F)c1F. The van der Waals surface area contributed by atoms with Gasteiger partial charge in [-0.25, -0.2) is 22.0 Å². The molecule has 0 fully saturated rings. The van der Waals surface area contributed by atoms with Gasteiger partial charge in [-0.15, -0.1) is 0 Å². The zero-order chi connectivity index (χ0) is 13.3. The molecule has 1 rings (SSSR count). The van der Waals surface area contributed by atoms with E-state index in [2.05, 4.69) is 6.58 Å². The molecule has 0 saturated carbocycles. The molecule has 94 valence electrons. The van der Waals surface area contributed by atoms with Crippen LogP contribution in [0.25, 0.3) is 0 Å². The quantitative estimate of drug-likeness (QED) is 0.327. The molecular weight excluding hydrogens is 239 g/mol. The maximum Gasteiger partial charge on any atom is 0.200 e. The van der Waals surface area contributed by atoms with Gasteiger partial charge in [0.2, 0.25) is 5.82 Å². The second-order valence-corrected chi connectivity index (χ2v) is 4.00. The van der Waals surface area contributed by atoms with Crippen molar-refractivity contribution in [1.29, 1.82) is 0 Å². The van der Waals surface area contributed by atoms with Gasteiger partial charge in [-0.1, -0.05) is 19.1 Å². The largest absolute Gasteiger partial charge is 0.203 e. The van der Waals surface area contributed by atoms with E-state index < -0.39 is 34.6 Å². The van der Waals surface area contributed by atoms with Crippen molar-refractivity contribution < 1.29 is 22.0 Å². The molecule has 0 spiro atoms. The highest BCUT2D eigenvalue weighted by molar-refractivity contribution is 5.25. The van der Waals surface area contributed by atoms with Gasteiger partial charge in [0.05, 0.1) is 0 Å². The molecule has 0 radical (unpaired) electrons. The smallest absolute Gasteiger partial charge is 0.200 e. The maximum absolute atomic E-state index is 13.3. The first kappa shape index (κ1) is 13.7. The Balaban J connectivity index is 3.30. The Morgan fingerprint density at radius 3 is 1.65 bits per heavy atom. The predicted molar refractivity (Wildman–Crippen MR) is 53.9 cm³/mol. The van der Waals surface area contributed by atoms with E-state index in [1.807, 2.05) is 0 Å². The highest BCUT2D eigenvalue weighted by Gasteiger charge is 2.26. The van der Waals surface area contributed by atoms with E-state index in [0.717, 1.165) is 0 Å². The van der Waals surface area contributed by atoms with Gasteiger partial charge in [-0.3, -0.25) is 0 Å². The minimum absolute atomic E-state index is 0.277. The molecule has 0 bridgehead atoms. The van der Waals surface area contributed by atoms with Gasteiger partial charge in [0.1, 0.15) is 0 Å². The lowest BCUT2D eigenvalue weighted by Crippen LogP contribution is -2.11. The number of allylic oxidation sites excluding steroid dienone is 1. The highest BCUT2D eigenvalue weighted by Crippen LogP contribution is 2.26. The fraction of sp³-hybridized carbons (Fsp3) is 0.333. The van der Waals surface area contributed by atoms with Crippen LogP contribution in [0.3, 0.4) is 0 Å². The Labute approximate surface area is 95.8 Å². The van der Waals surface area contributed by atoms with E-state index in [9.17, 15) is 22.0 Å². The number of rotatable bonds is 3. The van der Waals surface area contributed by atoms with Crippen LogP contribution in [0.15, 0.2) is 12.2 Å². The fourth-order valence-corrected chi connectivity index (χ4v) is 1.31. The number of hydrogen-bond acceptors (Lipinski definition) is 0. The summed E-state index contributed by atoms with van der Waals surface area (Å²) in [6.07, 6.45) is -0.277. The van der Waals surface area contributed by atoms with E-state index in [1.165, 1.54) is 0 Å². The highest BCUT2D eigenvalue weighted by atomic mass is 19.2. The van der Waals surface area contributed by atoms with Crippen LogP contribution in [-0.4, -0.2) is 0 Å². The molecule has 0 aliphatic heterocycles. The Morgan fingerprint density at radius 2 is 1.29 bits per heavy atom. The summed E-state index contributed by atoms with van der Waals surface area (Å²) in [4.78, 5) is 0. The molecule has 5 heteroatoms. The molecule has 0 aromatic heterocycles. The number of halogens is 5. The maximum atomic E-state index is 13.3. The second kappa shape index (κ2) is 4.85. The molecule has 0 saturated heterocycles. The molecule has 1 aromatic rings. The molecule has 0 N–H and O–H groups in total. The zero-order valence-corrected chi connectivity index (χ0v) is 9.38. The third-order valence-electron chi connectivity index (χ3n) is 2.65. The summed E-state index contributed by atoms with van der Waals surface area (Å²) in [7, 11) is 0. The Kier molecular flexibility index (Phi) is 3.91. The molecule has 1 aromatic carbocycles. The summed E-state index contributed by atoms with van der Waals surface area (Å²) in [6.45, 7) is 6.79. The first-order chi connectivity index (χ1) is 7.77. The van der Waals surface area contributed by atoms with Crippen LogP contribution < -0.4 is 0 Å². The van der Waals surface area contributed by atoms with Crippen molar-refractivity contribution in [2.24, 2.45) is 5.92 Å². The molecule has 1 atom stereocenters. The first-order valence-corrected chi connectivity index (χ1v) is 4.93. The fourth-order valence-electron chi connectivity index (χ4n) is 1.31. The first-order valence-electron chi connectivity index (χ1n) is 4.93. The number of hydrogen-bond donors (Lipinski definition) is 0. The van der Waals surface area contributed by atoms with E-state index in [-0.39, 0.29) is 12.3 Å². The van der Waals surface area contributed by atoms with Gasteiger partial charge in [-0.2, -0.15) is 0 Å². The van der Waals surface area contributed by atoms with Gasteiger partial charge in [0.15, 0.2) is 23.3 Å². The van der Waals surface area contributed by atoms with Crippen LogP contribution in [-0.2, 0) is 6.42 Å². The molecule has 0 unspecified atom stereocenters. The number of benzene rings is 1. The van der Waals surface area contributed by atoms with Crippen LogP contribution >= 0.6 is 0 Å². The molecule has 0 amide bonds. The van der Waals surface area contributed by atoms with Crippen LogP contribution in [0.1, 0.15) is 19.4 Å². The lowest BCUT2D eigenvalue weighted by atomic mass is 9.94. The summed E-state index contributed by atoms with van der Waals surface area (Å²) >= 11 is 0. The molecule has 0 aliphatic rings. The minimum Gasteiger partial charge on any atom is -0.203 e. The average molecular weight is 250 g/mol. The minimum atomic E-state index is -2.13. The van der Waals surface area contributed by atoms with Crippen LogP contribution in [0.4, 0.5) is 22.0 Å². The normalized spacial score (nSPS) is 12.6. The Bertz CT molecular complexity index is 435. The molecule has 17 heavy (non-hydrogen) atoms. The monoisotopic (exact) mass is 250 g/mol. The molecule has 0 aliphatic carbocycles. The van der Waals surface area contributed by atoms with Gasteiger partial charge >= 0.3 is 0 Å². The topological polar surface area (TPSA) is 0 Å². The van der Waals surface area contributed by atoms with Crippen LogP contribution in [0, 0.1) is 35.0 Å². The van der Waals surface area contributed by atoms with Crippen molar-refractivity contribution in [3.8, 4) is 0 Å². The van der Waals surface area contributed by atoms with Crippen LogP contribution in [0.5, 0.6) is 0 Å². The third kappa shape index (κ3) is 2.48. The summed E-state index contributed by atoms with van der Waals surface area (Å²) in [5, 5.41) is 0. The lowest BCUT2D eigenvalue weighted by Gasteiger charge is -2.13. The summed E-state index contributed by atoms with van der Waals surface area (Å²) < 4.78 is 65.0. The molecule has 0 heterocycles. The van der Waals surface area contributed by atoms with Crippen molar-refractivity contribution >= 4 is 0 Å². The molecule has 0 nitrogen and oxygen atoms in total. The second-order valence-electron chi connectivity index (χ2n) is 4.00.